The smallest absolute Gasteiger partial charge is 0.748 e. The van der Waals surface area contributed by atoms with Gasteiger partial charge in [-0.2, -0.15) is 0 Å². The first-order valence-electron chi connectivity index (χ1n) is 12.0. The molecule has 0 saturated carbocycles. The zero-order chi connectivity index (χ0) is 21.1. The van der Waals surface area contributed by atoms with E-state index in [0.717, 1.165) is 44.9 Å². The summed E-state index contributed by atoms with van der Waals surface area (Å²) >= 11 is 0. The van der Waals surface area contributed by atoms with E-state index < -0.39 is 15.4 Å². The fourth-order valence-electron chi connectivity index (χ4n) is 3.85. The van der Waals surface area contributed by atoms with Crippen LogP contribution in [0.5, 0.6) is 0 Å². The molecule has 0 aliphatic carbocycles. The zero-order valence-corrected chi connectivity index (χ0v) is 22.5. The number of aliphatic hydroxyl groups excluding tert-OH is 1. The van der Waals surface area contributed by atoms with Crippen LogP contribution in [-0.2, 0) is 10.1 Å². The fraction of sp³-hybridized carbons (Fsp3) is 1.00. The minimum Gasteiger partial charge on any atom is -0.748 e. The molecule has 0 bridgehead atoms. The Balaban J connectivity index is 0. The first-order valence-corrected chi connectivity index (χ1v) is 13.5. The molecule has 170 valence electrons. The summed E-state index contributed by atoms with van der Waals surface area (Å²) in [6.07, 6.45) is 20.8. The Morgan fingerprint density at radius 3 is 1.34 bits per heavy atom. The van der Waals surface area contributed by atoms with E-state index in [4.69, 9.17) is 0 Å². The first-order chi connectivity index (χ1) is 13.4. The topological polar surface area (TPSA) is 77.4 Å². The average Bonchev–Trinajstić information content (AvgIpc) is 2.64. The molecule has 0 saturated heterocycles. The van der Waals surface area contributed by atoms with Gasteiger partial charge in [-0.25, -0.2) is 8.42 Å². The van der Waals surface area contributed by atoms with Crippen molar-refractivity contribution in [2.75, 3.05) is 0 Å². The van der Waals surface area contributed by atoms with Gasteiger partial charge in [-0.3, -0.25) is 0 Å². The summed E-state index contributed by atoms with van der Waals surface area (Å²) in [7, 11) is -4.14. The molecule has 6 heteroatoms. The van der Waals surface area contributed by atoms with Crippen molar-refractivity contribution in [2.45, 2.75) is 147 Å². The molecule has 2 unspecified atom stereocenters. The average molecular weight is 443 g/mol. The van der Waals surface area contributed by atoms with Gasteiger partial charge in [-0.15, -0.1) is 0 Å². The summed E-state index contributed by atoms with van der Waals surface area (Å²) in [6.45, 7) is 4.01. The third-order valence-corrected chi connectivity index (χ3v) is 7.20. The van der Waals surface area contributed by atoms with Crippen LogP contribution in [0.3, 0.4) is 0 Å². The van der Waals surface area contributed by atoms with Crippen LogP contribution in [0.1, 0.15) is 136 Å². The number of unbranched alkanes of at least 4 members (excludes halogenated alkanes) is 13. The molecule has 2 atom stereocenters. The number of aliphatic hydroxyl groups is 1. The summed E-state index contributed by atoms with van der Waals surface area (Å²) in [4.78, 5) is 0. The third-order valence-electron chi connectivity index (χ3n) is 5.82. The maximum atomic E-state index is 11.0. The van der Waals surface area contributed by atoms with Crippen molar-refractivity contribution in [3.63, 3.8) is 0 Å². The quantitative estimate of drug-likeness (QED) is 0.167. The van der Waals surface area contributed by atoms with E-state index in [9.17, 15) is 18.1 Å². The third kappa shape index (κ3) is 21.9. The molecule has 0 aliphatic heterocycles. The van der Waals surface area contributed by atoms with Gasteiger partial charge in [0.2, 0.25) is 0 Å². The molecule has 0 radical (unpaired) electrons. The van der Waals surface area contributed by atoms with Crippen LogP contribution < -0.4 is 29.6 Å². The van der Waals surface area contributed by atoms with Crippen LogP contribution in [0.2, 0.25) is 0 Å². The van der Waals surface area contributed by atoms with E-state index in [1.807, 2.05) is 0 Å². The van der Waals surface area contributed by atoms with Crippen molar-refractivity contribution < 1.29 is 47.6 Å². The van der Waals surface area contributed by atoms with E-state index in [2.05, 4.69) is 6.92 Å². The maximum Gasteiger partial charge on any atom is 1.00 e. The van der Waals surface area contributed by atoms with Crippen molar-refractivity contribution in [1.29, 1.82) is 0 Å². The minimum atomic E-state index is -4.14. The second-order valence-electron chi connectivity index (χ2n) is 8.49. The van der Waals surface area contributed by atoms with E-state index in [-0.39, 0.29) is 35.7 Å². The molecule has 0 fully saturated rings. The molecule has 0 aromatic heterocycles. The Bertz CT molecular complexity index is 429. The Kier molecular flexibility index (Phi) is 24.4. The molecule has 0 rings (SSSR count). The zero-order valence-electron chi connectivity index (χ0n) is 19.7. The van der Waals surface area contributed by atoms with E-state index in [0.29, 0.717) is 12.8 Å². The molecule has 0 aliphatic rings. The van der Waals surface area contributed by atoms with Crippen molar-refractivity contribution in [1.82, 2.24) is 0 Å². The number of rotatable bonds is 21. The summed E-state index contributed by atoms with van der Waals surface area (Å²) < 4.78 is 33.1. The Morgan fingerprint density at radius 1 is 0.655 bits per heavy atom. The monoisotopic (exact) mass is 442 g/mol. The molecule has 0 aromatic rings. The molecule has 0 heterocycles. The summed E-state index contributed by atoms with van der Waals surface area (Å²) in [5.41, 5.74) is 0. The molecule has 1 N–H and O–H groups in total. The SMILES string of the molecule is CCCCCCCCCCCCCC(O)CCCCCCC(CC)S(=O)(=O)[O-].[Na+]. The van der Waals surface area contributed by atoms with Gasteiger partial charge in [0.15, 0.2) is 0 Å². The van der Waals surface area contributed by atoms with Crippen LogP contribution in [0.25, 0.3) is 0 Å². The normalized spacial score (nSPS) is 13.8. The van der Waals surface area contributed by atoms with E-state index in [1.54, 1.807) is 6.92 Å². The molecular formula is C23H47NaO4S. The van der Waals surface area contributed by atoms with Crippen molar-refractivity contribution in [2.24, 2.45) is 0 Å². The Morgan fingerprint density at radius 2 is 1.00 bits per heavy atom. The molecule has 0 amide bonds. The van der Waals surface area contributed by atoms with Gasteiger partial charge < -0.3 is 9.66 Å². The predicted molar refractivity (Wildman–Crippen MR) is 119 cm³/mol. The molecule has 4 nitrogen and oxygen atoms in total. The van der Waals surface area contributed by atoms with Crippen LogP contribution in [0.15, 0.2) is 0 Å². The van der Waals surface area contributed by atoms with Gasteiger partial charge in [-0.05, 0) is 25.7 Å². The Labute approximate surface area is 204 Å². The summed E-state index contributed by atoms with van der Waals surface area (Å²) in [5.74, 6) is 0. The van der Waals surface area contributed by atoms with Crippen molar-refractivity contribution >= 4 is 10.1 Å². The van der Waals surface area contributed by atoms with Gasteiger partial charge in [0.1, 0.15) is 0 Å². The van der Waals surface area contributed by atoms with Crippen LogP contribution >= 0.6 is 0 Å². The van der Waals surface area contributed by atoms with Gasteiger partial charge in [0.25, 0.3) is 0 Å². The first kappa shape index (κ1) is 32.1. The molecular weight excluding hydrogens is 395 g/mol. The summed E-state index contributed by atoms with van der Waals surface area (Å²) in [6, 6.07) is 0. The molecule has 0 aromatic carbocycles. The minimum absolute atomic E-state index is 0. The van der Waals surface area contributed by atoms with Crippen LogP contribution in [0.4, 0.5) is 0 Å². The van der Waals surface area contributed by atoms with Crippen LogP contribution in [0, 0.1) is 0 Å². The molecule has 0 spiro atoms. The second-order valence-corrected chi connectivity index (χ2v) is 10.1. The summed E-state index contributed by atoms with van der Waals surface area (Å²) in [5, 5.41) is 9.34. The van der Waals surface area contributed by atoms with Crippen molar-refractivity contribution in [3.8, 4) is 0 Å². The standard InChI is InChI=1S/C23H48O4S.Na/c1-3-5-6-7-8-9-10-11-12-13-16-19-22(24)20-17-14-15-18-21-23(4-2)28(25,26)27;/h22-24H,3-21H2,1-2H3,(H,25,26,27);/q;+1/p-1. The van der Waals surface area contributed by atoms with Crippen molar-refractivity contribution in [3.05, 3.63) is 0 Å². The van der Waals surface area contributed by atoms with Crippen LogP contribution in [-0.4, -0.2) is 29.4 Å². The number of hydrogen-bond donors (Lipinski definition) is 1. The maximum absolute atomic E-state index is 11.0. The van der Waals surface area contributed by atoms with Gasteiger partial charge in [-0.1, -0.05) is 110 Å². The number of hydrogen-bond acceptors (Lipinski definition) is 4. The predicted octanol–water partition coefficient (Wildman–Crippen LogP) is 3.72. The van der Waals surface area contributed by atoms with E-state index in [1.165, 1.54) is 64.2 Å². The molecule has 29 heavy (non-hydrogen) atoms. The van der Waals surface area contributed by atoms with Gasteiger partial charge in [0, 0.05) is 5.25 Å². The van der Waals surface area contributed by atoms with E-state index >= 15 is 0 Å². The largest absolute Gasteiger partial charge is 1.00 e. The van der Waals surface area contributed by atoms with Gasteiger partial charge in [0.05, 0.1) is 16.2 Å². The fourth-order valence-corrected chi connectivity index (χ4v) is 4.71. The van der Waals surface area contributed by atoms with Gasteiger partial charge >= 0.3 is 29.6 Å². The Hall–Kier alpha value is 0.870. The second kappa shape index (κ2) is 22.1.